The van der Waals surface area contributed by atoms with E-state index in [1.807, 2.05) is 85.0 Å². The van der Waals surface area contributed by atoms with Crippen molar-refractivity contribution in [3.8, 4) is 17.3 Å². The minimum atomic E-state index is -0.298. The summed E-state index contributed by atoms with van der Waals surface area (Å²) in [4.78, 5) is 15.1. The number of hydrogen-bond acceptors (Lipinski definition) is 3. The Hall–Kier alpha value is -3.28. The Labute approximate surface area is 196 Å². The highest BCUT2D eigenvalue weighted by Gasteiger charge is 2.36. The number of benzene rings is 2. The lowest BCUT2D eigenvalue weighted by Gasteiger charge is -2.28. The molecule has 1 fully saturated rings. The first-order valence-electron chi connectivity index (χ1n) is 11.7. The van der Waals surface area contributed by atoms with Gasteiger partial charge in [-0.05, 0) is 71.2 Å². The maximum Gasteiger partial charge on any atom is 0.318 e. The second kappa shape index (κ2) is 9.30. The van der Waals surface area contributed by atoms with Crippen LogP contribution in [0.2, 0.25) is 0 Å². The molecule has 1 aliphatic carbocycles. The molecule has 3 aromatic rings. The first kappa shape index (κ1) is 22.9. The minimum Gasteiger partial charge on any atom is -0.439 e. The molecule has 4 rings (SSSR count). The van der Waals surface area contributed by atoms with Crippen LogP contribution in [0.15, 0.2) is 54.6 Å². The number of nitrogens with zero attached hydrogens (tertiary/aromatic N) is 3. The van der Waals surface area contributed by atoms with E-state index in [9.17, 15) is 4.79 Å². The molecule has 1 saturated carbocycles. The van der Waals surface area contributed by atoms with Gasteiger partial charge in [0.2, 0.25) is 5.88 Å². The van der Waals surface area contributed by atoms with E-state index >= 15 is 0 Å². The van der Waals surface area contributed by atoms with Crippen LogP contribution in [0.25, 0.3) is 5.69 Å². The molecule has 0 saturated heterocycles. The van der Waals surface area contributed by atoms with Crippen molar-refractivity contribution in [2.75, 3.05) is 0 Å². The van der Waals surface area contributed by atoms with E-state index in [-0.39, 0.29) is 17.6 Å². The smallest absolute Gasteiger partial charge is 0.318 e. The van der Waals surface area contributed by atoms with Crippen LogP contribution in [0.5, 0.6) is 11.6 Å². The van der Waals surface area contributed by atoms with Gasteiger partial charge in [0.05, 0.1) is 23.5 Å². The van der Waals surface area contributed by atoms with Crippen molar-refractivity contribution in [2.45, 2.75) is 72.0 Å². The standard InChI is InChI=1S/C27H34N4O2/c1-6-24-23(18-30(20-14-15-20)26(32)28-27(3,4)5)25(33-22-16-12-19(2)13-17-22)31(29-24)21-10-8-7-9-11-21/h7-13,16-17,20H,6,14-15,18H2,1-5H3,(H,28,32). The maximum absolute atomic E-state index is 13.2. The van der Waals surface area contributed by atoms with E-state index in [0.717, 1.165) is 42.0 Å². The molecule has 0 aliphatic heterocycles. The lowest BCUT2D eigenvalue weighted by Crippen LogP contribution is -2.49. The van der Waals surface area contributed by atoms with Crippen LogP contribution in [-0.2, 0) is 13.0 Å². The van der Waals surface area contributed by atoms with Gasteiger partial charge in [0.15, 0.2) is 0 Å². The van der Waals surface area contributed by atoms with Crippen LogP contribution in [-0.4, -0.2) is 32.3 Å². The number of amides is 2. The molecule has 2 aromatic carbocycles. The summed E-state index contributed by atoms with van der Waals surface area (Å²) in [5.74, 6) is 1.41. The predicted octanol–water partition coefficient (Wildman–Crippen LogP) is 6.01. The molecule has 1 aromatic heterocycles. The van der Waals surface area contributed by atoms with Crippen molar-refractivity contribution in [2.24, 2.45) is 0 Å². The third-order valence-corrected chi connectivity index (χ3v) is 5.65. The fourth-order valence-electron chi connectivity index (χ4n) is 3.80. The van der Waals surface area contributed by atoms with Gasteiger partial charge in [-0.3, -0.25) is 0 Å². The number of carbonyl (C=O) groups excluding carboxylic acids is 1. The fraction of sp³-hybridized carbons (Fsp3) is 0.407. The third-order valence-electron chi connectivity index (χ3n) is 5.65. The van der Waals surface area contributed by atoms with E-state index < -0.39 is 0 Å². The van der Waals surface area contributed by atoms with Gasteiger partial charge in [-0.15, -0.1) is 0 Å². The van der Waals surface area contributed by atoms with E-state index in [4.69, 9.17) is 9.84 Å². The first-order valence-corrected chi connectivity index (χ1v) is 11.7. The Balaban J connectivity index is 1.76. The number of ether oxygens (including phenoxy) is 1. The average molecular weight is 447 g/mol. The van der Waals surface area contributed by atoms with E-state index in [2.05, 4.69) is 19.2 Å². The Morgan fingerprint density at radius 3 is 2.36 bits per heavy atom. The van der Waals surface area contributed by atoms with Gasteiger partial charge < -0.3 is 15.0 Å². The van der Waals surface area contributed by atoms with E-state index in [1.165, 1.54) is 5.56 Å². The highest BCUT2D eigenvalue weighted by Crippen LogP contribution is 2.35. The summed E-state index contributed by atoms with van der Waals surface area (Å²) in [6.45, 7) is 10.6. The number of rotatable bonds is 7. The van der Waals surface area contributed by atoms with Gasteiger partial charge in [0, 0.05) is 11.6 Å². The molecular weight excluding hydrogens is 412 g/mol. The van der Waals surface area contributed by atoms with Gasteiger partial charge in [-0.25, -0.2) is 9.48 Å². The van der Waals surface area contributed by atoms with E-state index in [1.54, 1.807) is 0 Å². The van der Waals surface area contributed by atoms with E-state index in [0.29, 0.717) is 12.4 Å². The summed E-state index contributed by atoms with van der Waals surface area (Å²) in [6.07, 6.45) is 2.80. The highest BCUT2D eigenvalue weighted by atomic mass is 16.5. The summed E-state index contributed by atoms with van der Waals surface area (Å²) in [7, 11) is 0. The maximum atomic E-state index is 13.2. The van der Waals surface area contributed by atoms with Crippen LogP contribution in [0, 0.1) is 6.92 Å². The molecule has 0 atom stereocenters. The number of para-hydroxylation sites is 1. The summed E-state index contributed by atoms with van der Waals surface area (Å²) in [6, 6.07) is 18.2. The number of nitrogens with one attached hydrogen (secondary N) is 1. The zero-order valence-electron chi connectivity index (χ0n) is 20.3. The highest BCUT2D eigenvalue weighted by molar-refractivity contribution is 5.76. The van der Waals surface area contributed by atoms with Crippen molar-refractivity contribution in [3.63, 3.8) is 0 Å². The van der Waals surface area contributed by atoms with Crippen molar-refractivity contribution < 1.29 is 9.53 Å². The molecule has 0 unspecified atom stereocenters. The van der Waals surface area contributed by atoms with Gasteiger partial charge in [0.25, 0.3) is 0 Å². The zero-order chi connectivity index (χ0) is 23.6. The van der Waals surface area contributed by atoms with Crippen LogP contribution in [0.3, 0.4) is 0 Å². The minimum absolute atomic E-state index is 0.0409. The van der Waals surface area contributed by atoms with Crippen molar-refractivity contribution >= 4 is 6.03 Å². The molecule has 1 aliphatic rings. The summed E-state index contributed by atoms with van der Waals surface area (Å²) in [5, 5.41) is 8.04. The summed E-state index contributed by atoms with van der Waals surface area (Å²) >= 11 is 0. The number of aromatic nitrogens is 2. The quantitative estimate of drug-likeness (QED) is 0.484. The molecule has 1 heterocycles. The number of hydrogen-bond donors (Lipinski definition) is 1. The Bertz CT molecular complexity index is 1090. The van der Waals surface area contributed by atoms with Crippen LogP contribution in [0.4, 0.5) is 4.79 Å². The average Bonchev–Trinajstić information content (AvgIpc) is 3.55. The van der Waals surface area contributed by atoms with Gasteiger partial charge in [0.1, 0.15) is 5.75 Å². The lowest BCUT2D eigenvalue weighted by molar-refractivity contribution is 0.182. The van der Waals surface area contributed by atoms with Gasteiger partial charge in [-0.1, -0.05) is 42.8 Å². The Kier molecular flexibility index (Phi) is 6.45. The second-order valence-corrected chi connectivity index (χ2v) is 9.79. The second-order valence-electron chi connectivity index (χ2n) is 9.79. The van der Waals surface area contributed by atoms with Gasteiger partial charge in [-0.2, -0.15) is 5.10 Å². The molecule has 6 heteroatoms. The molecule has 0 spiro atoms. The molecular formula is C27H34N4O2. The monoisotopic (exact) mass is 446 g/mol. The van der Waals surface area contributed by atoms with Crippen LogP contribution >= 0.6 is 0 Å². The summed E-state index contributed by atoms with van der Waals surface area (Å²) in [5.41, 5.74) is 3.70. The number of urea groups is 1. The number of carbonyl (C=O) groups is 1. The molecule has 1 N–H and O–H groups in total. The SMILES string of the molecule is CCc1nn(-c2ccccc2)c(Oc2ccc(C)cc2)c1CN(C(=O)NC(C)(C)C)C1CC1. The van der Waals surface area contributed by atoms with Crippen LogP contribution < -0.4 is 10.1 Å². The zero-order valence-corrected chi connectivity index (χ0v) is 20.3. The van der Waals surface area contributed by atoms with Crippen LogP contribution in [0.1, 0.15) is 57.4 Å². The molecule has 0 radical (unpaired) electrons. The Morgan fingerprint density at radius 2 is 1.79 bits per heavy atom. The number of aryl methyl sites for hydroxylation is 2. The van der Waals surface area contributed by atoms with Crippen molar-refractivity contribution in [1.29, 1.82) is 0 Å². The molecule has 6 nitrogen and oxygen atoms in total. The fourth-order valence-corrected chi connectivity index (χ4v) is 3.80. The normalized spacial score (nSPS) is 13.6. The third kappa shape index (κ3) is 5.56. The topological polar surface area (TPSA) is 59.4 Å². The molecule has 33 heavy (non-hydrogen) atoms. The predicted molar refractivity (Wildman–Crippen MR) is 131 cm³/mol. The molecule has 2 amide bonds. The summed E-state index contributed by atoms with van der Waals surface area (Å²) < 4.78 is 8.32. The lowest BCUT2D eigenvalue weighted by atomic mass is 10.1. The van der Waals surface area contributed by atoms with Crippen molar-refractivity contribution in [1.82, 2.24) is 20.0 Å². The van der Waals surface area contributed by atoms with Crippen molar-refractivity contribution in [3.05, 3.63) is 71.4 Å². The van der Waals surface area contributed by atoms with Gasteiger partial charge >= 0.3 is 6.03 Å². The largest absolute Gasteiger partial charge is 0.439 e. The first-order chi connectivity index (χ1) is 15.7. The Morgan fingerprint density at radius 1 is 1.12 bits per heavy atom. The molecule has 0 bridgehead atoms. The molecule has 174 valence electrons.